The largest absolute Gasteiger partial charge is 0.497 e. The highest BCUT2D eigenvalue weighted by Gasteiger charge is 2.14. The highest BCUT2D eigenvalue weighted by molar-refractivity contribution is 7.92. The molecule has 3 rings (SSSR count). The van der Waals surface area contributed by atoms with E-state index in [-0.39, 0.29) is 16.6 Å². The van der Waals surface area contributed by atoms with Gasteiger partial charge in [0.1, 0.15) is 17.2 Å². The van der Waals surface area contributed by atoms with E-state index in [1.807, 2.05) is 6.92 Å². The second kappa shape index (κ2) is 12.0. The lowest BCUT2D eigenvalue weighted by Crippen LogP contribution is -2.37. The Balaban J connectivity index is 1.50. The number of hydrogen-bond donors (Lipinski definition) is 3. The zero-order chi connectivity index (χ0) is 25.3. The van der Waals surface area contributed by atoms with E-state index in [0.29, 0.717) is 35.2 Å². The Morgan fingerprint density at radius 3 is 1.97 bits per heavy atom. The van der Waals surface area contributed by atoms with Crippen LogP contribution in [0.4, 0.5) is 11.4 Å². The van der Waals surface area contributed by atoms with Crippen LogP contribution in [0.1, 0.15) is 6.92 Å². The van der Waals surface area contributed by atoms with Gasteiger partial charge in [0.05, 0.1) is 18.6 Å². The Morgan fingerprint density at radius 1 is 0.829 bits per heavy atom. The van der Waals surface area contributed by atoms with E-state index in [1.165, 1.54) is 12.1 Å². The summed E-state index contributed by atoms with van der Waals surface area (Å²) in [5, 5.41) is 5.39. The quantitative estimate of drug-likeness (QED) is 0.350. The van der Waals surface area contributed by atoms with Crippen LogP contribution < -0.4 is 29.6 Å². The van der Waals surface area contributed by atoms with E-state index in [1.54, 1.807) is 67.8 Å². The van der Waals surface area contributed by atoms with Crippen LogP contribution >= 0.6 is 12.2 Å². The average molecular weight is 516 g/mol. The summed E-state index contributed by atoms with van der Waals surface area (Å²) in [7, 11) is -2.23. The van der Waals surface area contributed by atoms with Crippen molar-refractivity contribution in [2.24, 2.45) is 0 Å². The summed E-state index contributed by atoms with van der Waals surface area (Å²) in [6.45, 7) is 2.16. The van der Waals surface area contributed by atoms with Gasteiger partial charge in [-0.3, -0.25) is 14.8 Å². The molecule has 0 aliphatic rings. The molecule has 0 fully saturated rings. The average Bonchev–Trinajstić information content (AvgIpc) is 2.84. The number of sulfonamides is 1. The molecule has 3 aromatic carbocycles. The molecule has 1 amide bonds. The molecule has 0 saturated carbocycles. The van der Waals surface area contributed by atoms with Crippen molar-refractivity contribution < 1.29 is 27.4 Å². The fourth-order valence-corrected chi connectivity index (χ4v) is 4.15. The van der Waals surface area contributed by atoms with Crippen LogP contribution in [0.15, 0.2) is 77.7 Å². The Hall–Kier alpha value is -3.83. The fraction of sp³-hybridized carbons (Fsp3) is 0.167. The van der Waals surface area contributed by atoms with Crippen LogP contribution in [-0.2, 0) is 14.8 Å². The smallest absolute Gasteiger partial charge is 0.264 e. The molecule has 0 bridgehead atoms. The van der Waals surface area contributed by atoms with Crippen LogP contribution in [0.2, 0.25) is 0 Å². The molecule has 0 atom stereocenters. The maximum Gasteiger partial charge on any atom is 0.264 e. The molecule has 0 heterocycles. The standard InChI is InChI=1S/C24H25N3O6S2/c1-3-32-20-8-4-18(5-9-20)27-35(29,30)22-14-6-17(7-15-22)25-24(34)26-23(28)16-33-21-12-10-19(31-2)11-13-21/h4-15,27H,3,16H2,1-2H3,(H2,25,26,28,34). The monoisotopic (exact) mass is 515 g/mol. The first-order valence-electron chi connectivity index (χ1n) is 10.5. The molecule has 0 unspecified atom stereocenters. The minimum atomic E-state index is -3.79. The molecular formula is C24H25N3O6S2. The minimum Gasteiger partial charge on any atom is -0.497 e. The van der Waals surface area contributed by atoms with E-state index in [0.717, 1.165) is 0 Å². The van der Waals surface area contributed by atoms with Crippen molar-refractivity contribution in [1.82, 2.24) is 5.32 Å². The molecule has 9 nitrogen and oxygen atoms in total. The Morgan fingerprint density at radius 2 is 1.37 bits per heavy atom. The second-order valence-corrected chi connectivity index (χ2v) is 9.14. The summed E-state index contributed by atoms with van der Waals surface area (Å²) < 4.78 is 43.6. The molecule has 0 aromatic heterocycles. The van der Waals surface area contributed by atoms with Gasteiger partial charge >= 0.3 is 0 Å². The molecule has 0 saturated heterocycles. The number of anilines is 2. The third kappa shape index (κ3) is 7.87. The lowest BCUT2D eigenvalue weighted by molar-refractivity contribution is -0.121. The summed E-state index contributed by atoms with van der Waals surface area (Å²) >= 11 is 5.14. The Labute approximate surface area is 209 Å². The molecule has 3 N–H and O–H groups in total. The molecule has 0 radical (unpaired) electrons. The Bertz CT molecular complexity index is 1250. The van der Waals surface area contributed by atoms with E-state index < -0.39 is 15.9 Å². The predicted octanol–water partition coefficient (Wildman–Crippen LogP) is 3.79. The van der Waals surface area contributed by atoms with Gasteiger partial charge < -0.3 is 19.5 Å². The van der Waals surface area contributed by atoms with Gasteiger partial charge in [0.2, 0.25) is 0 Å². The first-order chi connectivity index (χ1) is 16.8. The van der Waals surface area contributed by atoms with Crippen LogP contribution in [0.25, 0.3) is 0 Å². The van der Waals surface area contributed by atoms with Crippen molar-refractivity contribution >= 4 is 44.6 Å². The van der Waals surface area contributed by atoms with Gasteiger partial charge in [0.15, 0.2) is 11.7 Å². The zero-order valence-corrected chi connectivity index (χ0v) is 20.7. The Kier molecular flexibility index (Phi) is 8.87. The number of hydrogen-bond acceptors (Lipinski definition) is 7. The molecule has 35 heavy (non-hydrogen) atoms. The summed E-state index contributed by atoms with van der Waals surface area (Å²) in [4.78, 5) is 12.1. The first-order valence-corrected chi connectivity index (χ1v) is 12.4. The van der Waals surface area contributed by atoms with Crippen molar-refractivity contribution in [2.75, 3.05) is 30.4 Å². The van der Waals surface area contributed by atoms with Gasteiger partial charge in [0.25, 0.3) is 15.9 Å². The summed E-state index contributed by atoms with van der Waals surface area (Å²) in [6, 6.07) is 19.4. The predicted molar refractivity (Wildman–Crippen MR) is 138 cm³/mol. The topological polar surface area (TPSA) is 115 Å². The maximum absolute atomic E-state index is 12.6. The minimum absolute atomic E-state index is 0.0523. The van der Waals surface area contributed by atoms with Gasteiger partial charge in [-0.25, -0.2) is 8.42 Å². The number of rotatable bonds is 10. The summed E-state index contributed by atoms with van der Waals surface area (Å²) in [5.41, 5.74) is 0.919. The second-order valence-electron chi connectivity index (χ2n) is 7.05. The number of amides is 1. The van der Waals surface area contributed by atoms with E-state index in [9.17, 15) is 13.2 Å². The molecule has 3 aromatic rings. The van der Waals surface area contributed by atoms with Gasteiger partial charge in [-0.15, -0.1) is 0 Å². The summed E-state index contributed by atoms with van der Waals surface area (Å²) in [6.07, 6.45) is 0. The zero-order valence-electron chi connectivity index (χ0n) is 19.1. The first kappa shape index (κ1) is 25.8. The van der Waals surface area contributed by atoms with Crippen molar-refractivity contribution in [3.8, 4) is 17.2 Å². The highest BCUT2D eigenvalue weighted by atomic mass is 32.2. The number of nitrogens with one attached hydrogen (secondary N) is 3. The number of carbonyl (C=O) groups is 1. The lowest BCUT2D eigenvalue weighted by Gasteiger charge is -2.12. The number of methoxy groups -OCH3 is 1. The van der Waals surface area contributed by atoms with Crippen LogP contribution in [0, 0.1) is 0 Å². The maximum atomic E-state index is 12.6. The SMILES string of the molecule is CCOc1ccc(NS(=O)(=O)c2ccc(NC(=S)NC(=O)COc3ccc(OC)cc3)cc2)cc1. The van der Waals surface area contributed by atoms with Crippen molar-refractivity contribution in [3.05, 3.63) is 72.8 Å². The van der Waals surface area contributed by atoms with Gasteiger partial charge in [-0.2, -0.15) is 0 Å². The highest BCUT2D eigenvalue weighted by Crippen LogP contribution is 2.21. The van der Waals surface area contributed by atoms with Crippen LogP contribution in [0.5, 0.6) is 17.2 Å². The van der Waals surface area contributed by atoms with Crippen LogP contribution in [0.3, 0.4) is 0 Å². The fourth-order valence-electron chi connectivity index (χ4n) is 2.86. The van der Waals surface area contributed by atoms with Crippen LogP contribution in [-0.4, -0.2) is 39.8 Å². The lowest BCUT2D eigenvalue weighted by atomic mass is 10.3. The van der Waals surface area contributed by atoms with Gasteiger partial charge in [0, 0.05) is 11.4 Å². The molecule has 11 heteroatoms. The summed E-state index contributed by atoms with van der Waals surface area (Å²) in [5.74, 6) is 1.40. The number of thiocarbonyl (C=S) groups is 1. The van der Waals surface area contributed by atoms with E-state index >= 15 is 0 Å². The third-order valence-corrected chi connectivity index (χ3v) is 6.12. The number of ether oxygens (including phenoxy) is 3. The molecule has 0 aliphatic heterocycles. The van der Waals surface area contributed by atoms with E-state index in [4.69, 9.17) is 26.4 Å². The van der Waals surface area contributed by atoms with Gasteiger partial charge in [-0.1, -0.05) is 0 Å². The van der Waals surface area contributed by atoms with Crippen molar-refractivity contribution in [2.45, 2.75) is 11.8 Å². The third-order valence-electron chi connectivity index (χ3n) is 4.52. The molecule has 0 aliphatic carbocycles. The molecule has 0 spiro atoms. The van der Waals surface area contributed by atoms with Gasteiger partial charge in [-0.05, 0) is 91.9 Å². The van der Waals surface area contributed by atoms with Crippen molar-refractivity contribution in [1.29, 1.82) is 0 Å². The van der Waals surface area contributed by atoms with Crippen molar-refractivity contribution in [3.63, 3.8) is 0 Å². The number of benzene rings is 3. The normalized spacial score (nSPS) is 10.7. The molecular weight excluding hydrogens is 490 g/mol. The molecule has 184 valence electrons. The number of carbonyl (C=O) groups excluding carboxylic acids is 1. The van der Waals surface area contributed by atoms with E-state index in [2.05, 4.69) is 15.4 Å².